The van der Waals surface area contributed by atoms with Crippen molar-refractivity contribution in [3.8, 4) is 0 Å². The lowest BCUT2D eigenvalue weighted by Crippen LogP contribution is -2.41. The van der Waals surface area contributed by atoms with Crippen LogP contribution in [0.3, 0.4) is 0 Å². The molecule has 0 aliphatic carbocycles. The molecule has 2 aromatic rings. The van der Waals surface area contributed by atoms with Crippen LogP contribution in [0.1, 0.15) is 38.8 Å². The molecule has 2 amide bonds. The van der Waals surface area contributed by atoms with Gasteiger partial charge in [0.05, 0.1) is 6.54 Å². The molecule has 0 bridgehead atoms. The van der Waals surface area contributed by atoms with Crippen molar-refractivity contribution in [2.24, 2.45) is 0 Å². The van der Waals surface area contributed by atoms with Gasteiger partial charge < -0.3 is 0 Å². The molecule has 7 nitrogen and oxygen atoms in total. The van der Waals surface area contributed by atoms with E-state index < -0.39 is 29.3 Å². The van der Waals surface area contributed by atoms with Crippen LogP contribution in [0.2, 0.25) is 0 Å². The van der Waals surface area contributed by atoms with Crippen molar-refractivity contribution in [3.05, 3.63) is 83.9 Å². The molecular formula is C24H27NO6. The number of carbonyl (C=O) groups is 2. The highest BCUT2D eigenvalue weighted by Gasteiger charge is 2.33. The molecule has 1 aliphatic rings. The van der Waals surface area contributed by atoms with Crippen molar-refractivity contribution in [2.45, 2.75) is 45.2 Å². The predicted octanol–water partition coefficient (Wildman–Crippen LogP) is 4.00. The lowest BCUT2D eigenvalue weighted by atomic mass is 9.99. The van der Waals surface area contributed by atoms with E-state index in [2.05, 4.69) is 0 Å². The van der Waals surface area contributed by atoms with Crippen LogP contribution in [0.4, 0.5) is 0 Å². The highest BCUT2D eigenvalue weighted by molar-refractivity contribution is 6.12. The Hall–Kier alpha value is -2.84. The van der Waals surface area contributed by atoms with Gasteiger partial charge in [-0.05, 0) is 38.8 Å². The fourth-order valence-electron chi connectivity index (χ4n) is 2.96. The summed E-state index contributed by atoms with van der Waals surface area (Å²) in [7, 11) is 0. The second-order valence-electron chi connectivity index (χ2n) is 8.16. The zero-order valence-electron chi connectivity index (χ0n) is 18.1. The first kappa shape index (κ1) is 22.8. The minimum absolute atomic E-state index is 0.194. The Labute approximate surface area is 182 Å². The summed E-state index contributed by atoms with van der Waals surface area (Å²) in [5.74, 6) is -0.904. The van der Waals surface area contributed by atoms with Crippen molar-refractivity contribution >= 4 is 11.8 Å². The summed E-state index contributed by atoms with van der Waals surface area (Å²) < 4.78 is 0. The predicted molar refractivity (Wildman–Crippen MR) is 113 cm³/mol. The molecule has 3 rings (SSSR count). The first-order valence-corrected chi connectivity index (χ1v) is 10.0. The Bertz CT molecular complexity index is 850. The van der Waals surface area contributed by atoms with E-state index in [9.17, 15) is 9.59 Å². The Morgan fingerprint density at radius 2 is 1.10 bits per heavy atom. The summed E-state index contributed by atoms with van der Waals surface area (Å²) in [6, 6.07) is 19.0. The number of amides is 2. The number of hydrogen-bond acceptors (Lipinski definition) is 6. The Morgan fingerprint density at radius 1 is 0.710 bits per heavy atom. The van der Waals surface area contributed by atoms with Crippen molar-refractivity contribution < 1.29 is 29.1 Å². The number of hydrogen-bond donors (Lipinski definition) is 0. The van der Waals surface area contributed by atoms with Gasteiger partial charge in [0.15, 0.2) is 0 Å². The van der Waals surface area contributed by atoms with Crippen molar-refractivity contribution in [3.63, 3.8) is 0 Å². The molecule has 0 fully saturated rings. The Balaban J connectivity index is 1.70. The lowest BCUT2D eigenvalue weighted by molar-refractivity contribution is -0.503. The van der Waals surface area contributed by atoms with Gasteiger partial charge in [0.25, 0.3) is 11.8 Å². The molecule has 2 aromatic carbocycles. The molecule has 164 valence electrons. The van der Waals surface area contributed by atoms with Crippen molar-refractivity contribution in [2.75, 3.05) is 6.54 Å². The average Bonchev–Trinajstić information content (AvgIpc) is 3.08. The molecule has 31 heavy (non-hydrogen) atoms. The molecule has 1 heterocycles. The lowest BCUT2D eigenvalue weighted by Gasteiger charge is -2.30. The third-order valence-corrected chi connectivity index (χ3v) is 4.90. The maximum absolute atomic E-state index is 12.0. The minimum atomic E-state index is -1.17. The molecule has 0 saturated heterocycles. The van der Waals surface area contributed by atoms with Crippen molar-refractivity contribution in [1.82, 2.24) is 4.90 Å². The molecule has 0 unspecified atom stereocenters. The number of benzene rings is 2. The van der Waals surface area contributed by atoms with Crippen LogP contribution in [-0.4, -0.2) is 29.5 Å². The monoisotopic (exact) mass is 425 g/mol. The molecule has 0 aromatic heterocycles. The zero-order valence-corrected chi connectivity index (χ0v) is 18.1. The van der Waals surface area contributed by atoms with E-state index >= 15 is 0 Å². The van der Waals surface area contributed by atoms with E-state index in [4.69, 9.17) is 19.6 Å². The highest BCUT2D eigenvalue weighted by Crippen LogP contribution is 2.28. The number of nitrogens with zero attached hydrogens (tertiary/aromatic N) is 1. The first-order valence-electron chi connectivity index (χ1n) is 10.0. The second kappa shape index (κ2) is 9.53. The largest absolute Gasteiger partial charge is 0.270 e. The molecule has 1 aliphatic heterocycles. The average molecular weight is 425 g/mol. The highest BCUT2D eigenvalue weighted by atomic mass is 17.3. The van der Waals surface area contributed by atoms with Gasteiger partial charge in [-0.1, -0.05) is 60.7 Å². The van der Waals surface area contributed by atoms with Gasteiger partial charge in [0, 0.05) is 12.2 Å². The van der Waals surface area contributed by atoms with Gasteiger partial charge >= 0.3 is 0 Å². The third-order valence-electron chi connectivity index (χ3n) is 4.90. The van der Waals surface area contributed by atoms with Crippen LogP contribution in [0.15, 0.2) is 72.8 Å². The van der Waals surface area contributed by atoms with E-state index in [1.807, 2.05) is 88.4 Å². The van der Waals surface area contributed by atoms with Crippen LogP contribution in [0.25, 0.3) is 0 Å². The smallest absolute Gasteiger partial charge is 0.253 e. The van der Waals surface area contributed by atoms with Gasteiger partial charge in [-0.2, -0.15) is 9.78 Å². The van der Waals surface area contributed by atoms with Gasteiger partial charge in [-0.25, -0.2) is 9.78 Å². The molecule has 0 saturated carbocycles. The Kier molecular flexibility index (Phi) is 7.02. The van der Waals surface area contributed by atoms with Crippen LogP contribution in [-0.2, 0) is 40.3 Å². The minimum Gasteiger partial charge on any atom is -0.270 e. The van der Waals surface area contributed by atoms with Gasteiger partial charge in [-0.3, -0.25) is 14.5 Å². The molecule has 0 radical (unpaired) electrons. The molecular weight excluding hydrogens is 398 g/mol. The molecule has 0 atom stereocenters. The summed E-state index contributed by atoms with van der Waals surface area (Å²) in [4.78, 5) is 47.4. The third kappa shape index (κ3) is 5.86. The number of carbonyl (C=O) groups excluding carboxylic acids is 2. The van der Waals surface area contributed by atoms with Gasteiger partial charge in [0.2, 0.25) is 6.29 Å². The zero-order chi connectivity index (χ0) is 22.5. The quantitative estimate of drug-likeness (QED) is 0.248. The fourth-order valence-corrected chi connectivity index (χ4v) is 2.96. The maximum atomic E-state index is 12.0. The molecule has 7 heteroatoms. The maximum Gasteiger partial charge on any atom is 0.253 e. The standard InChI is InChI=1S/C24H27NO6/c1-23(2,18-11-7-5-8-12-18)30-28-22(17-25-20(26)15-16-21(25)27)29-31-24(3,4)19-13-9-6-10-14-19/h5-16,22H,17H2,1-4H3. The van der Waals surface area contributed by atoms with Crippen LogP contribution in [0.5, 0.6) is 0 Å². The molecule has 0 N–H and O–H groups in total. The molecule has 0 spiro atoms. The summed E-state index contributed by atoms with van der Waals surface area (Å²) >= 11 is 0. The van der Waals surface area contributed by atoms with E-state index in [1.165, 1.54) is 12.2 Å². The van der Waals surface area contributed by atoms with Crippen LogP contribution >= 0.6 is 0 Å². The Morgan fingerprint density at radius 3 is 1.48 bits per heavy atom. The van der Waals surface area contributed by atoms with Crippen molar-refractivity contribution in [1.29, 1.82) is 0 Å². The second-order valence-corrected chi connectivity index (χ2v) is 8.16. The van der Waals surface area contributed by atoms with E-state index in [0.29, 0.717) is 0 Å². The summed E-state index contributed by atoms with van der Waals surface area (Å²) in [6.45, 7) is 7.15. The topological polar surface area (TPSA) is 74.3 Å². The summed E-state index contributed by atoms with van der Waals surface area (Å²) in [6.07, 6.45) is 1.23. The normalized spacial score (nSPS) is 14.7. The summed E-state index contributed by atoms with van der Waals surface area (Å²) in [5.41, 5.74) is 0.146. The SMILES string of the molecule is CC(C)(OOC(CN1C(=O)C=CC1=O)OOC(C)(C)c1ccccc1)c1ccccc1. The summed E-state index contributed by atoms with van der Waals surface area (Å²) in [5, 5.41) is 0. The number of imide groups is 1. The first-order chi connectivity index (χ1) is 14.7. The number of rotatable bonds is 10. The van der Waals surface area contributed by atoms with E-state index in [0.717, 1.165) is 16.0 Å². The van der Waals surface area contributed by atoms with Gasteiger partial charge in [-0.15, -0.1) is 0 Å². The van der Waals surface area contributed by atoms with E-state index in [1.54, 1.807) is 0 Å². The van der Waals surface area contributed by atoms with Crippen LogP contribution in [0, 0.1) is 0 Å². The van der Waals surface area contributed by atoms with Gasteiger partial charge in [0.1, 0.15) is 11.2 Å². The fraction of sp³-hybridized carbons (Fsp3) is 0.333. The van der Waals surface area contributed by atoms with E-state index in [-0.39, 0.29) is 6.54 Å². The van der Waals surface area contributed by atoms with Crippen LogP contribution < -0.4 is 0 Å².